The van der Waals surface area contributed by atoms with Crippen molar-refractivity contribution in [2.45, 2.75) is 44.9 Å². The van der Waals surface area contributed by atoms with Gasteiger partial charge in [-0.3, -0.25) is 0 Å². The Labute approximate surface area is 110 Å². The third-order valence-corrected chi connectivity index (χ3v) is 4.07. The maximum absolute atomic E-state index is 8.54. The van der Waals surface area contributed by atoms with Crippen molar-refractivity contribution in [3.8, 4) is 6.07 Å². The molecule has 0 unspecified atom stereocenters. The van der Waals surface area contributed by atoms with Gasteiger partial charge in [-0.1, -0.05) is 37.3 Å². The molecule has 0 saturated heterocycles. The van der Waals surface area contributed by atoms with Crippen molar-refractivity contribution in [1.29, 1.82) is 5.26 Å². The van der Waals surface area contributed by atoms with Gasteiger partial charge < -0.3 is 0 Å². The highest BCUT2D eigenvalue weighted by Crippen LogP contribution is 2.36. The van der Waals surface area contributed by atoms with Gasteiger partial charge in [-0.05, 0) is 55.1 Å². The first-order valence-electron chi connectivity index (χ1n) is 6.98. The van der Waals surface area contributed by atoms with Crippen LogP contribution in [-0.2, 0) is 6.42 Å². The third-order valence-electron chi connectivity index (χ3n) is 4.07. The van der Waals surface area contributed by atoms with Gasteiger partial charge >= 0.3 is 0 Å². The summed E-state index contributed by atoms with van der Waals surface area (Å²) < 4.78 is 0. The lowest BCUT2D eigenvalue weighted by Gasteiger charge is -2.27. The fourth-order valence-corrected chi connectivity index (χ4v) is 2.85. The van der Waals surface area contributed by atoms with Gasteiger partial charge in [-0.15, -0.1) is 0 Å². The predicted molar refractivity (Wildman–Crippen MR) is 75.3 cm³/mol. The number of nitrogens with zero attached hydrogens (tertiary/aromatic N) is 1. The minimum Gasteiger partial charge on any atom is -0.193 e. The summed E-state index contributed by atoms with van der Waals surface area (Å²) in [4.78, 5) is 0. The Morgan fingerprint density at radius 1 is 1.17 bits per heavy atom. The van der Waals surface area contributed by atoms with E-state index in [1.165, 1.54) is 36.8 Å². The van der Waals surface area contributed by atoms with Gasteiger partial charge in [0.2, 0.25) is 0 Å². The van der Waals surface area contributed by atoms with E-state index in [2.05, 4.69) is 43.3 Å². The Hall–Kier alpha value is -1.55. The minimum atomic E-state index is 0.621. The number of hydrogen-bond acceptors (Lipinski definition) is 1. The molecule has 0 amide bonds. The number of rotatable bonds is 3. The molecular formula is C17H21N. The van der Waals surface area contributed by atoms with Crippen molar-refractivity contribution in [3.05, 3.63) is 47.5 Å². The molecule has 1 fully saturated rings. The van der Waals surface area contributed by atoms with E-state index < -0.39 is 0 Å². The topological polar surface area (TPSA) is 23.8 Å². The predicted octanol–water partition coefficient (Wildman–Crippen LogP) is 4.60. The van der Waals surface area contributed by atoms with Crippen molar-refractivity contribution in [3.63, 3.8) is 0 Å². The molecule has 1 aromatic rings. The summed E-state index contributed by atoms with van der Waals surface area (Å²) in [5.41, 5.74) is 2.92. The highest BCUT2D eigenvalue weighted by Gasteiger charge is 2.20. The van der Waals surface area contributed by atoms with E-state index >= 15 is 0 Å². The van der Waals surface area contributed by atoms with Gasteiger partial charge in [0, 0.05) is 6.08 Å². The Bertz CT molecular complexity index is 428. The van der Waals surface area contributed by atoms with Gasteiger partial charge in [0.25, 0.3) is 0 Å². The summed E-state index contributed by atoms with van der Waals surface area (Å²) in [7, 11) is 0. The number of nitriles is 1. The number of allylic oxidation sites excluding steroid dienone is 2. The number of hydrogen-bond donors (Lipinski definition) is 0. The van der Waals surface area contributed by atoms with E-state index in [9.17, 15) is 0 Å². The molecule has 0 radical (unpaired) electrons. The van der Waals surface area contributed by atoms with Crippen molar-refractivity contribution in [2.24, 2.45) is 5.92 Å². The molecule has 0 N–H and O–H groups in total. The van der Waals surface area contributed by atoms with Crippen LogP contribution in [0, 0.1) is 17.2 Å². The average molecular weight is 239 g/mol. The van der Waals surface area contributed by atoms with E-state index in [1.807, 2.05) is 0 Å². The monoisotopic (exact) mass is 239 g/mol. The molecule has 2 rings (SSSR count). The zero-order valence-electron chi connectivity index (χ0n) is 11.1. The summed E-state index contributed by atoms with van der Waals surface area (Å²) in [6, 6.07) is 11.2. The summed E-state index contributed by atoms with van der Waals surface area (Å²) in [5, 5.41) is 8.54. The van der Waals surface area contributed by atoms with Crippen molar-refractivity contribution in [2.75, 3.05) is 0 Å². The van der Waals surface area contributed by atoms with E-state index in [-0.39, 0.29) is 0 Å². The van der Waals surface area contributed by atoms with Crippen molar-refractivity contribution >= 4 is 0 Å². The largest absolute Gasteiger partial charge is 0.193 e. The van der Waals surface area contributed by atoms with Crippen LogP contribution in [0.25, 0.3) is 0 Å². The average Bonchev–Trinajstić information content (AvgIpc) is 2.46. The Morgan fingerprint density at radius 3 is 2.39 bits per heavy atom. The summed E-state index contributed by atoms with van der Waals surface area (Å²) in [6.45, 7) is 2.20. The second-order valence-corrected chi connectivity index (χ2v) is 5.20. The van der Waals surface area contributed by atoms with E-state index in [0.717, 1.165) is 12.3 Å². The fraction of sp³-hybridized carbons (Fsp3) is 0.471. The standard InChI is InChI=1S/C17H21N/c1-2-14-5-9-16(10-6-14)17-11-7-15(8-12-17)4-3-13-18/h3-6,9-10,15,17H,2,7-8,11-12H2,1H3/t15-,17-. The van der Waals surface area contributed by atoms with Crippen LogP contribution in [0.5, 0.6) is 0 Å². The van der Waals surface area contributed by atoms with Gasteiger partial charge in [0.15, 0.2) is 0 Å². The molecule has 94 valence electrons. The molecule has 1 saturated carbocycles. The second-order valence-electron chi connectivity index (χ2n) is 5.20. The van der Waals surface area contributed by atoms with Gasteiger partial charge in [0.05, 0.1) is 6.07 Å². The highest BCUT2D eigenvalue weighted by atomic mass is 14.3. The molecule has 1 aliphatic carbocycles. The summed E-state index contributed by atoms with van der Waals surface area (Å²) >= 11 is 0. The Balaban J connectivity index is 1.92. The fourth-order valence-electron chi connectivity index (χ4n) is 2.85. The van der Waals surface area contributed by atoms with Crippen LogP contribution in [0.3, 0.4) is 0 Å². The maximum atomic E-state index is 8.54. The molecule has 1 heteroatoms. The Kier molecular flexibility index (Phi) is 4.59. The number of benzene rings is 1. The molecule has 1 nitrogen and oxygen atoms in total. The lowest BCUT2D eigenvalue weighted by molar-refractivity contribution is 0.376. The third kappa shape index (κ3) is 3.23. The smallest absolute Gasteiger partial charge is 0.0908 e. The van der Waals surface area contributed by atoms with Crippen LogP contribution in [0.2, 0.25) is 0 Å². The first kappa shape index (κ1) is 12.9. The SMILES string of the molecule is CCc1ccc([C@H]2CC[C@H](C=CC#N)CC2)cc1. The molecule has 0 bridgehead atoms. The molecule has 0 heterocycles. The molecular weight excluding hydrogens is 218 g/mol. The molecule has 1 aromatic carbocycles. The van der Waals surface area contributed by atoms with Crippen LogP contribution in [0.4, 0.5) is 0 Å². The molecule has 18 heavy (non-hydrogen) atoms. The second kappa shape index (κ2) is 6.40. The molecule has 1 aliphatic rings. The van der Waals surface area contributed by atoms with E-state index in [1.54, 1.807) is 6.08 Å². The van der Waals surface area contributed by atoms with Crippen LogP contribution < -0.4 is 0 Å². The van der Waals surface area contributed by atoms with Crippen LogP contribution in [0.15, 0.2) is 36.4 Å². The van der Waals surface area contributed by atoms with Crippen molar-refractivity contribution in [1.82, 2.24) is 0 Å². The molecule has 0 aliphatic heterocycles. The zero-order valence-corrected chi connectivity index (χ0v) is 11.1. The van der Waals surface area contributed by atoms with E-state index in [0.29, 0.717) is 5.92 Å². The molecule has 0 spiro atoms. The summed E-state index contributed by atoms with van der Waals surface area (Å²) in [5.74, 6) is 1.35. The highest BCUT2D eigenvalue weighted by molar-refractivity contribution is 5.26. The first-order valence-corrected chi connectivity index (χ1v) is 6.98. The summed E-state index contributed by atoms with van der Waals surface area (Å²) in [6.07, 6.45) is 9.79. The maximum Gasteiger partial charge on any atom is 0.0908 e. The molecule has 0 atom stereocenters. The van der Waals surface area contributed by atoms with Crippen molar-refractivity contribution < 1.29 is 0 Å². The van der Waals surface area contributed by atoms with Crippen LogP contribution in [0.1, 0.15) is 49.7 Å². The van der Waals surface area contributed by atoms with Crippen LogP contribution >= 0.6 is 0 Å². The lowest BCUT2D eigenvalue weighted by atomic mass is 9.78. The normalized spacial score (nSPS) is 24.0. The lowest BCUT2D eigenvalue weighted by Crippen LogP contribution is -2.11. The van der Waals surface area contributed by atoms with Gasteiger partial charge in [0.1, 0.15) is 0 Å². The molecule has 0 aromatic heterocycles. The Morgan fingerprint density at radius 2 is 1.83 bits per heavy atom. The van der Waals surface area contributed by atoms with Gasteiger partial charge in [-0.2, -0.15) is 5.26 Å². The quantitative estimate of drug-likeness (QED) is 0.707. The zero-order chi connectivity index (χ0) is 12.8. The van der Waals surface area contributed by atoms with Crippen LogP contribution in [-0.4, -0.2) is 0 Å². The minimum absolute atomic E-state index is 0.621. The first-order chi connectivity index (χ1) is 8.83. The van der Waals surface area contributed by atoms with Gasteiger partial charge in [-0.25, -0.2) is 0 Å². The van der Waals surface area contributed by atoms with E-state index in [4.69, 9.17) is 5.26 Å². The number of aryl methyl sites for hydroxylation is 1.